The van der Waals surface area contributed by atoms with E-state index in [0.29, 0.717) is 6.42 Å². The quantitative estimate of drug-likeness (QED) is 0.338. The molecule has 26 heavy (non-hydrogen) atoms. The van der Waals surface area contributed by atoms with Gasteiger partial charge < -0.3 is 19.5 Å². The summed E-state index contributed by atoms with van der Waals surface area (Å²) >= 11 is 0. The zero-order valence-electron chi connectivity index (χ0n) is 17.1. The Balaban J connectivity index is 4.88. The molecule has 0 bridgehead atoms. The number of rotatable bonds is 11. The molecular weight excluding hydrogens is 338 g/mol. The average Bonchev–Trinajstić information content (AvgIpc) is 2.56. The molecule has 0 aliphatic carbocycles. The highest BCUT2D eigenvalue weighted by Gasteiger charge is 2.31. The van der Waals surface area contributed by atoms with Gasteiger partial charge in [0.1, 0.15) is 11.6 Å². The summed E-state index contributed by atoms with van der Waals surface area (Å²) in [6.45, 7) is 7.33. The van der Waals surface area contributed by atoms with E-state index in [1.807, 2.05) is 0 Å². The molecule has 7 nitrogen and oxygen atoms in total. The molecule has 1 N–H and O–H groups in total. The molecule has 0 rings (SSSR count). The predicted molar refractivity (Wildman–Crippen MR) is 98.7 cm³/mol. The van der Waals surface area contributed by atoms with Crippen LogP contribution in [0.5, 0.6) is 0 Å². The number of nitrogens with one attached hydrogen (secondary N) is 1. The molecule has 1 amide bonds. The van der Waals surface area contributed by atoms with Gasteiger partial charge in [-0.25, -0.2) is 9.59 Å². The fourth-order valence-corrected chi connectivity index (χ4v) is 2.58. The minimum absolute atomic E-state index is 0.117. The monoisotopic (exact) mass is 373 g/mol. The highest BCUT2D eigenvalue weighted by molar-refractivity contribution is 5.82. The number of hydrogen-bond acceptors (Lipinski definition) is 6. The van der Waals surface area contributed by atoms with Crippen LogP contribution >= 0.6 is 0 Å². The first kappa shape index (κ1) is 24.2. The number of esters is 2. The van der Waals surface area contributed by atoms with Crippen LogP contribution in [0.2, 0.25) is 0 Å². The smallest absolute Gasteiger partial charge is 0.408 e. The van der Waals surface area contributed by atoms with Crippen LogP contribution in [0.3, 0.4) is 0 Å². The number of methoxy groups -OCH3 is 2. The van der Waals surface area contributed by atoms with Gasteiger partial charge in [0, 0.05) is 0 Å². The van der Waals surface area contributed by atoms with Gasteiger partial charge >= 0.3 is 18.0 Å². The lowest BCUT2D eigenvalue weighted by Crippen LogP contribution is -2.45. The third kappa shape index (κ3) is 10.9. The molecule has 0 aromatic heterocycles. The van der Waals surface area contributed by atoms with Crippen LogP contribution < -0.4 is 5.32 Å². The van der Waals surface area contributed by atoms with Crippen molar-refractivity contribution >= 4 is 18.0 Å². The molecule has 0 aromatic rings. The molecule has 0 aromatic carbocycles. The first-order chi connectivity index (χ1) is 12.1. The lowest BCUT2D eigenvalue weighted by Gasteiger charge is -2.24. The molecule has 0 aliphatic rings. The lowest BCUT2D eigenvalue weighted by atomic mass is 9.93. The minimum atomic E-state index is -0.963. The van der Waals surface area contributed by atoms with E-state index in [-0.39, 0.29) is 12.4 Å². The van der Waals surface area contributed by atoms with Gasteiger partial charge in [-0.3, -0.25) is 4.79 Å². The van der Waals surface area contributed by atoms with Crippen molar-refractivity contribution in [3.05, 3.63) is 0 Å². The maximum Gasteiger partial charge on any atom is 0.408 e. The molecule has 0 fully saturated rings. The van der Waals surface area contributed by atoms with Crippen LogP contribution in [0.15, 0.2) is 0 Å². The van der Waals surface area contributed by atoms with Crippen LogP contribution in [0.25, 0.3) is 0 Å². The minimum Gasteiger partial charge on any atom is -0.469 e. The molecular formula is C19H35NO6. The Morgan fingerprint density at radius 3 is 2.00 bits per heavy atom. The lowest BCUT2D eigenvalue weighted by molar-refractivity contribution is -0.148. The van der Waals surface area contributed by atoms with E-state index in [0.717, 1.165) is 32.1 Å². The SMILES string of the molecule is CCCCCCCC(CC(NC(=O)OC(C)(C)C)C(=O)OC)C(=O)OC. The standard InChI is InChI=1S/C19H35NO6/c1-7-8-9-10-11-12-14(16(21)24-5)13-15(17(22)25-6)20-18(23)26-19(2,3)4/h14-15H,7-13H2,1-6H3,(H,20,23). The zero-order valence-corrected chi connectivity index (χ0v) is 17.1. The number of ether oxygens (including phenoxy) is 3. The summed E-state index contributed by atoms with van der Waals surface area (Å²) in [6.07, 6.45) is 5.29. The number of carbonyl (C=O) groups excluding carboxylic acids is 3. The van der Waals surface area contributed by atoms with Gasteiger partial charge in [0.05, 0.1) is 20.1 Å². The summed E-state index contributed by atoms with van der Waals surface area (Å²) in [7, 11) is 2.56. The Hall–Kier alpha value is -1.79. The van der Waals surface area contributed by atoms with Crippen molar-refractivity contribution < 1.29 is 28.6 Å². The first-order valence-corrected chi connectivity index (χ1v) is 9.29. The Labute approximate surface area is 157 Å². The second kappa shape index (κ2) is 12.5. The van der Waals surface area contributed by atoms with E-state index in [1.54, 1.807) is 20.8 Å². The molecule has 0 saturated carbocycles. The van der Waals surface area contributed by atoms with Crippen LogP contribution in [0.4, 0.5) is 4.79 Å². The van der Waals surface area contributed by atoms with Gasteiger partial charge in [-0.05, 0) is 33.6 Å². The molecule has 2 unspecified atom stereocenters. The molecule has 7 heteroatoms. The van der Waals surface area contributed by atoms with E-state index in [1.165, 1.54) is 14.2 Å². The average molecular weight is 373 g/mol. The van der Waals surface area contributed by atoms with Crippen molar-refractivity contribution in [3.63, 3.8) is 0 Å². The topological polar surface area (TPSA) is 90.9 Å². The van der Waals surface area contributed by atoms with E-state index in [4.69, 9.17) is 14.2 Å². The molecule has 2 atom stereocenters. The van der Waals surface area contributed by atoms with Gasteiger partial charge in [-0.2, -0.15) is 0 Å². The Morgan fingerprint density at radius 2 is 1.50 bits per heavy atom. The summed E-state index contributed by atoms with van der Waals surface area (Å²) in [5, 5.41) is 2.50. The van der Waals surface area contributed by atoms with E-state index in [2.05, 4.69) is 12.2 Å². The number of carbonyl (C=O) groups is 3. The largest absolute Gasteiger partial charge is 0.469 e. The van der Waals surface area contributed by atoms with Crippen molar-refractivity contribution in [1.82, 2.24) is 5.32 Å². The zero-order chi connectivity index (χ0) is 20.2. The highest BCUT2D eigenvalue weighted by Crippen LogP contribution is 2.19. The van der Waals surface area contributed by atoms with Crippen LogP contribution in [-0.4, -0.2) is 43.9 Å². The number of unbranched alkanes of at least 4 members (excludes halogenated alkanes) is 4. The van der Waals surface area contributed by atoms with Crippen LogP contribution in [-0.2, 0) is 23.8 Å². The van der Waals surface area contributed by atoms with Gasteiger partial charge in [0.2, 0.25) is 0 Å². The number of alkyl carbamates (subject to hydrolysis) is 1. The van der Waals surface area contributed by atoms with Crippen molar-refractivity contribution in [2.75, 3.05) is 14.2 Å². The van der Waals surface area contributed by atoms with Gasteiger partial charge in [-0.1, -0.05) is 39.0 Å². The Kier molecular flexibility index (Phi) is 11.7. The van der Waals surface area contributed by atoms with Crippen molar-refractivity contribution in [1.29, 1.82) is 0 Å². The molecule has 0 radical (unpaired) electrons. The predicted octanol–water partition coefficient (Wildman–Crippen LogP) is 3.59. The molecule has 0 saturated heterocycles. The summed E-state index contributed by atoms with van der Waals surface area (Å²) in [5.74, 6) is -1.49. The fourth-order valence-electron chi connectivity index (χ4n) is 2.58. The summed E-state index contributed by atoms with van der Waals surface area (Å²) in [4.78, 5) is 36.1. The van der Waals surface area contributed by atoms with Crippen LogP contribution in [0.1, 0.15) is 72.6 Å². The van der Waals surface area contributed by atoms with Crippen molar-refractivity contribution in [3.8, 4) is 0 Å². The van der Waals surface area contributed by atoms with Gasteiger partial charge in [0.25, 0.3) is 0 Å². The van der Waals surface area contributed by atoms with E-state index >= 15 is 0 Å². The third-order valence-corrected chi connectivity index (χ3v) is 3.89. The van der Waals surface area contributed by atoms with E-state index < -0.39 is 29.6 Å². The molecule has 0 aliphatic heterocycles. The second-order valence-corrected chi connectivity index (χ2v) is 7.38. The molecule has 0 heterocycles. The van der Waals surface area contributed by atoms with E-state index in [9.17, 15) is 14.4 Å². The Bertz CT molecular complexity index is 444. The normalized spacial score (nSPS) is 13.5. The third-order valence-electron chi connectivity index (χ3n) is 3.89. The summed E-state index contributed by atoms with van der Waals surface area (Å²) in [5.41, 5.74) is -0.689. The first-order valence-electron chi connectivity index (χ1n) is 9.29. The maximum atomic E-state index is 12.1. The summed E-state index contributed by atoms with van der Waals surface area (Å²) < 4.78 is 14.8. The van der Waals surface area contributed by atoms with Crippen molar-refractivity contribution in [2.45, 2.75) is 84.3 Å². The highest BCUT2D eigenvalue weighted by atomic mass is 16.6. The maximum absolute atomic E-state index is 12.1. The van der Waals surface area contributed by atoms with Crippen LogP contribution in [0, 0.1) is 5.92 Å². The Morgan fingerprint density at radius 1 is 0.923 bits per heavy atom. The molecule has 152 valence electrons. The second-order valence-electron chi connectivity index (χ2n) is 7.38. The van der Waals surface area contributed by atoms with Gasteiger partial charge in [-0.15, -0.1) is 0 Å². The van der Waals surface area contributed by atoms with Gasteiger partial charge in [0.15, 0.2) is 0 Å². The van der Waals surface area contributed by atoms with Crippen molar-refractivity contribution in [2.24, 2.45) is 5.92 Å². The molecule has 0 spiro atoms. The number of amides is 1. The summed E-state index contributed by atoms with van der Waals surface area (Å²) in [6, 6.07) is -0.963. The number of hydrogen-bond donors (Lipinski definition) is 1. The fraction of sp³-hybridized carbons (Fsp3) is 0.842.